The van der Waals surface area contributed by atoms with Crippen LogP contribution in [0.25, 0.3) is 10.8 Å². The van der Waals surface area contributed by atoms with E-state index in [1.807, 2.05) is 24.3 Å². The molecule has 0 radical (unpaired) electrons. The summed E-state index contributed by atoms with van der Waals surface area (Å²) in [7, 11) is -0.283. The van der Waals surface area contributed by atoms with Crippen molar-refractivity contribution < 1.29 is 18.8 Å². The van der Waals surface area contributed by atoms with Crippen LogP contribution in [0.1, 0.15) is 15.9 Å². The molecule has 1 atom stereocenters. The van der Waals surface area contributed by atoms with Gasteiger partial charge in [-0.2, -0.15) is 0 Å². The second kappa shape index (κ2) is 6.95. The molecule has 0 saturated heterocycles. The lowest BCUT2D eigenvalue weighted by Gasteiger charge is -2.12. The molecule has 0 aliphatic carbocycles. The van der Waals surface area contributed by atoms with Crippen LogP contribution in [0.3, 0.4) is 0 Å². The van der Waals surface area contributed by atoms with E-state index in [9.17, 15) is 14.1 Å². The zero-order chi connectivity index (χ0) is 17.1. The molecule has 24 heavy (non-hydrogen) atoms. The van der Waals surface area contributed by atoms with Gasteiger partial charge in [-0.15, -0.1) is 0 Å². The summed E-state index contributed by atoms with van der Waals surface area (Å²) in [6.45, 7) is -0.149. The SMILES string of the molecule is COC(=O)c1ccccc1[S@](=O)c1cccc2cccc(CO)c12. The monoisotopic (exact) mass is 340 g/mol. The van der Waals surface area contributed by atoms with Crippen LogP contribution >= 0.6 is 0 Å². The summed E-state index contributed by atoms with van der Waals surface area (Å²) in [5.41, 5.74) is 0.976. The average Bonchev–Trinajstić information content (AvgIpc) is 2.65. The third kappa shape index (κ3) is 2.84. The number of carbonyl (C=O) groups is 1. The number of ether oxygens (including phenoxy) is 1. The Balaban J connectivity index is 2.23. The van der Waals surface area contributed by atoms with Crippen LogP contribution in [0.4, 0.5) is 0 Å². The minimum Gasteiger partial charge on any atom is -0.465 e. The molecule has 0 aliphatic rings. The third-order valence-electron chi connectivity index (χ3n) is 3.81. The van der Waals surface area contributed by atoms with Crippen LogP contribution in [-0.2, 0) is 22.1 Å². The summed E-state index contributed by atoms with van der Waals surface area (Å²) in [5, 5.41) is 11.3. The number of hydrogen-bond donors (Lipinski definition) is 1. The molecule has 0 unspecified atom stereocenters. The van der Waals surface area contributed by atoms with Gasteiger partial charge in [-0.25, -0.2) is 9.00 Å². The number of aliphatic hydroxyl groups is 1. The smallest absolute Gasteiger partial charge is 0.339 e. The minimum atomic E-state index is -1.58. The molecule has 0 aromatic heterocycles. The Hall–Kier alpha value is -2.50. The Labute approximate surface area is 142 Å². The first kappa shape index (κ1) is 16.4. The molecule has 3 rings (SSSR count). The molecular formula is C19H16O4S. The standard InChI is InChI=1S/C19H16O4S/c1-23-19(21)15-9-2-3-10-16(15)24(22)17-11-5-7-13-6-4-8-14(12-20)18(13)17/h2-11,20H,12H2,1H3/t24-/m0/s1. The van der Waals surface area contributed by atoms with Gasteiger partial charge in [-0.3, -0.25) is 0 Å². The van der Waals surface area contributed by atoms with Crippen molar-refractivity contribution in [1.82, 2.24) is 0 Å². The van der Waals surface area contributed by atoms with Gasteiger partial charge in [0.05, 0.1) is 39.9 Å². The molecule has 0 heterocycles. The van der Waals surface area contributed by atoms with E-state index >= 15 is 0 Å². The molecular weight excluding hydrogens is 324 g/mol. The molecule has 4 nitrogen and oxygen atoms in total. The molecule has 0 spiro atoms. The molecule has 0 bridgehead atoms. The quantitative estimate of drug-likeness (QED) is 0.740. The molecule has 5 heteroatoms. The fourth-order valence-corrected chi connectivity index (χ4v) is 4.12. The lowest BCUT2D eigenvalue weighted by atomic mass is 10.1. The number of rotatable bonds is 4. The van der Waals surface area contributed by atoms with Crippen LogP contribution in [0.2, 0.25) is 0 Å². The maximum absolute atomic E-state index is 13.2. The molecule has 0 fully saturated rings. The van der Waals surface area contributed by atoms with E-state index in [0.29, 0.717) is 15.4 Å². The first-order valence-electron chi connectivity index (χ1n) is 7.38. The topological polar surface area (TPSA) is 63.6 Å². The summed E-state index contributed by atoms with van der Waals surface area (Å²) in [6.07, 6.45) is 0. The van der Waals surface area contributed by atoms with Crippen molar-refractivity contribution in [2.75, 3.05) is 7.11 Å². The number of esters is 1. The molecule has 0 aliphatic heterocycles. The summed E-state index contributed by atoms with van der Waals surface area (Å²) in [6, 6.07) is 17.7. The van der Waals surface area contributed by atoms with Crippen molar-refractivity contribution in [1.29, 1.82) is 0 Å². The molecule has 0 saturated carbocycles. The molecule has 1 N–H and O–H groups in total. The van der Waals surface area contributed by atoms with Gasteiger partial charge in [0.15, 0.2) is 0 Å². The van der Waals surface area contributed by atoms with Gasteiger partial charge in [0.1, 0.15) is 0 Å². The second-order valence-electron chi connectivity index (χ2n) is 5.19. The predicted molar refractivity (Wildman–Crippen MR) is 92.3 cm³/mol. The zero-order valence-electron chi connectivity index (χ0n) is 13.1. The van der Waals surface area contributed by atoms with Gasteiger partial charge in [0.25, 0.3) is 0 Å². The number of fused-ring (bicyclic) bond motifs is 1. The highest BCUT2D eigenvalue weighted by Crippen LogP contribution is 2.30. The third-order valence-corrected chi connectivity index (χ3v) is 5.31. The van der Waals surface area contributed by atoms with Crippen molar-refractivity contribution in [3.63, 3.8) is 0 Å². The van der Waals surface area contributed by atoms with Gasteiger partial charge >= 0.3 is 5.97 Å². The van der Waals surface area contributed by atoms with Crippen LogP contribution in [0.15, 0.2) is 70.5 Å². The van der Waals surface area contributed by atoms with E-state index in [4.69, 9.17) is 4.74 Å². The lowest BCUT2D eigenvalue weighted by molar-refractivity contribution is 0.0596. The first-order chi connectivity index (χ1) is 11.7. The molecule has 3 aromatic carbocycles. The number of methoxy groups -OCH3 is 1. The Bertz CT molecular complexity index is 928. The highest BCUT2D eigenvalue weighted by molar-refractivity contribution is 7.85. The van der Waals surface area contributed by atoms with E-state index < -0.39 is 16.8 Å². The zero-order valence-corrected chi connectivity index (χ0v) is 13.9. The maximum Gasteiger partial charge on any atom is 0.339 e. The van der Waals surface area contributed by atoms with Gasteiger partial charge in [0.2, 0.25) is 0 Å². The van der Waals surface area contributed by atoms with Crippen molar-refractivity contribution in [2.24, 2.45) is 0 Å². The van der Waals surface area contributed by atoms with E-state index in [2.05, 4.69) is 0 Å². The Morgan fingerprint density at radius 2 is 1.67 bits per heavy atom. The Morgan fingerprint density at radius 3 is 2.38 bits per heavy atom. The summed E-state index contributed by atoms with van der Waals surface area (Å²) < 4.78 is 18.0. The number of aliphatic hydroxyl groups excluding tert-OH is 1. The molecule has 0 amide bonds. The van der Waals surface area contributed by atoms with Crippen LogP contribution < -0.4 is 0 Å². The van der Waals surface area contributed by atoms with Gasteiger partial charge < -0.3 is 9.84 Å². The lowest BCUT2D eigenvalue weighted by Crippen LogP contribution is -2.07. The minimum absolute atomic E-state index is 0.149. The van der Waals surface area contributed by atoms with Gasteiger partial charge in [0, 0.05) is 5.39 Å². The number of carbonyl (C=O) groups excluding carboxylic acids is 1. The van der Waals surface area contributed by atoms with E-state index in [1.54, 1.807) is 36.4 Å². The van der Waals surface area contributed by atoms with Crippen molar-refractivity contribution in [3.8, 4) is 0 Å². The summed E-state index contributed by atoms with van der Waals surface area (Å²) >= 11 is 0. The van der Waals surface area contributed by atoms with Crippen molar-refractivity contribution in [3.05, 3.63) is 71.8 Å². The molecule has 122 valence electrons. The summed E-state index contributed by atoms with van der Waals surface area (Å²) in [5.74, 6) is -0.526. The van der Waals surface area contributed by atoms with Gasteiger partial charge in [-0.05, 0) is 29.1 Å². The summed E-state index contributed by atoms with van der Waals surface area (Å²) in [4.78, 5) is 12.9. The second-order valence-corrected chi connectivity index (χ2v) is 6.60. The highest BCUT2D eigenvalue weighted by Gasteiger charge is 2.19. The van der Waals surface area contributed by atoms with E-state index in [-0.39, 0.29) is 12.2 Å². The van der Waals surface area contributed by atoms with Crippen LogP contribution in [-0.4, -0.2) is 22.4 Å². The van der Waals surface area contributed by atoms with Gasteiger partial charge in [-0.1, -0.05) is 42.5 Å². The molecule has 3 aromatic rings. The fraction of sp³-hybridized carbons (Fsp3) is 0.105. The highest BCUT2D eigenvalue weighted by atomic mass is 32.2. The fourth-order valence-electron chi connectivity index (χ4n) is 2.69. The Kier molecular flexibility index (Phi) is 4.74. The normalized spacial score (nSPS) is 12.1. The van der Waals surface area contributed by atoms with E-state index in [0.717, 1.165) is 10.8 Å². The average molecular weight is 340 g/mol. The largest absolute Gasteiger partial charge is 0.465 e. The van der Waals surface area contributed by atoms with E-state index in [1.165, 1.54) is 7.11 Å². The van der Waals surface area contributed by atoms with Crippen molar-refractivity contribution in [2.45, 2.75) is 16.4 Å². The Morgan fingerprint density at radius 1 is 1.00 bits per heavy atom. The van der Waals surface area contributed by atoms with Crippen LogP contribution in [0.5, 0.6) is 0 Å². The number of benzene rings is 3. The van der Waals surface area contributed by atoms with Crippen LogP contribution in [0, 0.1) is 0 Å². The maximum atomic E-state index is 13.2. The first-order valence-corrected chi connectivity index (χ1v) is 8.53. The van der Waals surface area contributed by atoms with Crippen molar-refractivity contribution >= 4 is 27.5 Å². The predicted octanol–water partition coefficient (Wildman–Crippen LogP) is 3.29. The number of hydrogen-bond acceptors (Lipinski definition) is 4.